The highest BCUT2D eigenvalue weighted by atomic mass is 16.5. The number of rotatable bonds is 7. The van der Waals surface area contributed by atoms with E-state index in [9.17, 15) is 14.4 Å². The van der Waals surface area contributed by atoms with E-state index in [1.807, 2.05) is 0 Å². The number of ether oxygens (including phenoxy) is 1. The van der Waals surface area contributed by atoms with Crippen LogP contribution in [-0.4, -0.2) is 37.0 Å². The summed E-state index contributed by atoms with van der Waals surface area (Å²) >= 11 is 0. The molecule has 1 aliphatic carbocycles. The van der Waals surface area contributed by atoms with Crippen LogP contribution < -0.4 is 10.6 Å². The molecule has 0 saturated heterocycles. The lowest BCUT2D eigenvalue weighted by Gasteiger charge is -2.22. The molecule has 0 unspecified atom stereocenters. The van der Waals surface area contributed by atoms with Crippen LogP contribution in [0, 0.1) is 5.92 Å². The summed E-state index contributed by atoms with van der Waals surface area (Å²) in [7, 11) is 1.31. The minimum absolute atomic E-state index is 0.0739. The van der Waals surface area contributed by atoms with Gasteiger partial charge in [-0.25, -0.2) is 0 Å². The first-order valence-corrected chi connectivity index (χ1v) is 8.09. The third-order valence-electron chi connectivity index (χ3n) is 4.06. The van der Waals surface area contributed by atoms with E-state index in [0.29, 0.717) is 12.3 Å². The molecule has 22 heavy (non-hydrogen) atoms. The second kappa shape index (κ2) is 9.43. The van der Waals surface area contributed by atoms with Gasteiger partial charge in [-0.2, -0.15) is 0 Å². The largest absolute Gasteiger partial charge is 0.469 e. The Morgan fingerprint density at radius 1 is 1.09 bits per heavy atom. The van der Waals surface area contributed by atoms with Crippen molar-refractivity contribution in [2.75, 3.05) is 7.11 Å². The van der Waals surface area contributed by atoms with Gasteiger partial charge in [0, 0.05) is 12.5 Å². The molecular formula is C16H28N2O4. The Labute approximate surface area is 132 Å². The van der Waals surface area contributed by atoms with Gasteiger partial charge in [-0.1, -0.05) is 19.3 Å². The zero-order chi connectivity index (χ0) is 16.5. The summed E-state index contributed by atoms with van der Waals surface area (Å²) < 4.78 is 4.55. The Bertz CT molecular complexity index is 392. The number of hydrogen-bond donors (Lipinski definition) is 2. The average molecular weight is 312 g/mol. The molecular weight excluding hydrogens is 284 g/mol. The predicted molar refractivity (Wildman–Crippen MR) is 83.0 cm³/mol. The molecule has 0 aliphatic heterocycles. The molecule has 0 spiro atoms. The summed E-state index contributed by atoms with van der Waals surface area (Å²) in [4.78, 5) is 35.1. The molecule has 1 rings (SSSR count). The predicted octanol–water partition coefficient (Wildman–Crippen LogP) is 1.53. The van der Waals surface area contributed by atoms with Crippen molar-refractivity contribution in [3.05, 3.63) is 0 Å². The van der Waals surface area contributed by atoms with Gasteiger partial charge in [0.25, 0.3) is 0 Å². The van der Waals surface area contributed by atoms with Crippen LogP contribution in [0.15, 0.2) is 0 Å². The Balaban J connectivity index is 2.30. The zero-order valence-corrected chi connectivity index (χ0v) is 13.8. The third kappa shape index (κ3) is 6.91. The molecule has 2 N–H and O–H groups in total. The highest BCUT2D eigenvalue weighted by Gasteiger charge is 2.21. The quantitative estimate of drug-likeness (QED) is 0.698. The fourth-order valence-corrected chi connectivity index (χ4v) is 2.77. The standard InChI is InChI=1S/C16H28N2O4/c1-11(9-15(20)22-3)17-16(21)12(2)18-14(19)10-13-7-5-4-6-8-13/h11-13H,4-10H2,1-3H3,(H,17,21)(H,18,19)/t11-,12+/m0/s1. The van der Waals surface area contributed by atoms with Crippen molar-refractivity contribution in [3.63, 3.8) is 0 Å². The van der Waals surface area contributed by atoms with Crippen LogP contribution in [0.4, 0.5) is 0 Å². The summed E-state index contributed by atoms with van der Waals surface area (Å²) in [5.41, 5.74) is 0. The summed E-state index contributed by atoms with van der Waals surface area (Å²) in [5.74, 6) is -0.285. The zero-order valence-electron chi connectivity index (χ0n) is 13.8. The molecule has 1 aliphatic rings. The average Bonchev–Trinajstić information content (AvgIpc) is 2.47. The maximum absolute atomic E-state index is 12.0. The van der Waals surface area contributed by atoms with Crippen molar-refractivity contribution in [3.8, 4) is 0 Å². The van der Waals surface area contributed by atoms with Crippen molar-refractivity contribution < 1.29 is 19.1 Å². The smallest absolute Gasteiger partial charge is 0.307 e. The van der Waals surface area contributed by atoms with Crippen molar-refractivity contribution in [1.82, 2.24) is 10.6 Å². The molecule has 2 amide bonds. The van der Waals surface area contributed by atoms with Crippen molar-refractivity contribution in [1.29, 1.82) is 0 Å². The van der Waals surface area contributed by atoms with Crippen molar-refractivity contribution in [2.24, 2.45) is 5.92 Å². The highest BCUT2D eigenvalue weighted by molar-refractivity contribution is 5.87. The van der Waals surface area contributed by atoms with Crippen molar-refractivity contribution >= 4 is 17.8 Å². The van der Waals surface area contributed by atoms with Gasteiger partial charge in [-0.15, -0.1) is 0 Å². The number of carbonyl (C=O) groups is 3. The van der Waals surface area contributed by atoms with Gasteiger partial charge in [0.2, 0.25) is 11.8 Å². The molecule has 0 aromatic rings. The summed E-state index contributed by atoms with van der Waals surface area (Å²) in [5, 5.41) is 5.43. The molecule has 0 heterocycles. The van der Waals surface area contributed by atoms with Gasteiger partial charge in [0.15, 0.2) is 0 Å². The summed E-state index contributed by atoms with van der Waals surface area (Å²) in [6, 6.07) is -0.922. The van der Waals surface area contributed by atoms with Gasteiger partial charge in [-0.3, -0.25) is 14.4 Å². The van der Waals surface area contributed by atoms with E-state index >= 15 is 0 Å². The maximum atomic E-state index is 12.0. The first-order chi connectivity index (χ1) is 10.4. The molecule has 126 valence electrons. The Morgan fingerprint density at radius 3 is 2.32 bits per heavy atom. The third-order valence-corrected chi connectivity index (χ3v) is 4.06. The van der Waals surface area contributed by atoms with Gasteiger partial charge in [-0.05, 0) is 32.6 Å². The molecule has 0 aromatic carbocycles. The van der Waals surface area contributed by atoms with Gasteiger partial charge in [0.1, 0.15) is 6.04 Å². The molecule has 0 aromatic heterocycles. The topological polar surface area (TPSA) is 84.5 Å². The van der Waals surface area contributed by atoms with E-state index in [1.165, 1.54) is 26.4 Å². The fraction of sp³-hybridized carbons (Fsp3) is 0.812. The van der Waals surface area contributed by atoms with E-state index in [1.54, 1.807) is 13.8 Å². The lowest BCUT2D eigenvalue weighted by molar-refractivity contribution is -0.141. The molecule has 0 radical (unpaired) electrons. The number of amides is 2. The van der Waals surface area contributed by atoms with Crippen LogP contribution in [0.5, 0.6) is 0 Å². The Kier molecular flexibility index (Phi) is 7.91. The van der Waals surface area contributed by atoms with E-state index in [2.05, 4.69) is 15.4 Å². The van der Waals surface area contributed by atoms with E-state index in [-0.39, 0.29) is 30.2 Å². The lowest BCUT2D eigenvalue weighted by atomic mass is 9.87. The minimum Gasteiger partial charge on any atom is -0.469 e. The first-order valence-electron chi connectivity index (χ1n) is 8.09. The molecule has 0 bridgehead atoms. The van der Waals surface area contributed by atoms with Gasteiger partial charge >= 0.3 is 5.97 Å². The number of nitrogens with one attached hydrogen (secondary N) is 2. The Morgan fingerprint density at radius 2 is 1.73 bits per heavy atom. The SMILES string of the molecule is COC(=O)C[C@H](C)NC(=O)[C@@H](C)NC(=O)CC1CCCCC1. The number of methoxy groups -OCH3 is 1. The molecule has 6 heteroatoms. The number of esters is 1. The van der Waals surface area contributed by atoms with Crippen LogP contribution >= 0.6 is 0 Å². The molecule has 2 atom stereocenters. The van der Waals surface area contributed by atoms with Crippen molar-refractivity contribution in [2.45, 2.75) is 70.9 Å². The summed E-state index contributed by atoms with van der Waals surface area (Å²) in [6.45, 7) is 3.38. The van der Waals surface area contributed by atoms with E-state index in [0.717, 1.165) is 12.8 Å². The number of hydrogen-bond acceptors (Lipinski definition) is 4. The van der Waals surface area contributed by atoms with Gasteiger partial charge < -0.3 is 15.4 Å². The molecule has 6 nitrogen and oxygen atoms in total. The highest BCUT2D eigenvalue weighted by Crippen LogP contribution is 2.26. The second-order valence-corrected chi connectivity index (χ2v) is 6.19. The van der Waals surface area contributed by atoms with E-state index < -0.39 is 6.04 Å². The Hall–Kier alpha value is -1.59. The number of carbonyl (C=O) groups excluding carboxylic acids is 3. The van der Waals surface area contributed by atoms with Crippen LogP contribution in [-0.2, 0) is 19.1 Å². The van der Waals surface area contributed by atoms with Crippen LogP contribution in [0.2, 0.25) is 0 Å². The van der Waals surface area contributed by atoms with E-state index in [4.69, 9.17) is 0 Å². The fourth-order valence-electron chi connectivity index (χ4n) is 2.77. The van der Waals surface area contributed by atoms with Crippen LogP contribution in [0.1, 0.15) is 58.8 Å². The second-order valence-electron chi connectivity index (χ2n) is 6.19. The van der Waals surface area contributed by atoms with Crippen LogP contribution in [0.25, 0.3) is 0 Å². The summed E-state index contributed by atoms with van der Waals surface area (Å²) in [6.07, 6.45) is 6.46. The van der Waals surface area contributed by atoms with Gasteiger partial charge in [0.05, 0.1) is 13.5 Å². The minimum atomic E-state index is -0.601. The molecule has 1 saturated carbocycles. The maximum Gasteiger partial charge on any atom is 0.307 e. The molecule has 1 fully saturated rings. The lowest BCUT2D eigenvalue weighted by Crippen LogP contribution is -2.48. The first kappa shape index (κ1) is 18.5. The monoisotopic (exact) mass is 312 g/mol. The normalized spacial score (nSPS) is 18.1. The van der Waals surface area contributed by atoms with Crippen LogP contribution in [0.3, 0.4) is 0 Å².